The van der Waals surface area contributed by atoms with Gasteiger partial charge in [0.05, 0.1) is 12.6 Å². The number of carbonyl (C=O) groups excluding carboxylic acids is 1. The van der Waals surface area contributed by atoms with Crippen LogP contribution in [0.25, 0.3) is 11.3 Å². The molecule has 0 radical (unpaired) electrons. The van der Waals surface area contributed by atoms with Gasteiger partial charge in [0.1, 0.15) is 28.6 Å². The number of aromatic nitrogens is 1. The van der Waals surface area contributed by atoms with Crippen LogP contribution in [-0.4, -0.2) is 17.7 Å². The maximum atomic E-state index is 13.2. The third kappa shape index (κ3) is 3.26. The predicted octanol–water partition coefficient (Wildman–Crippen LogP) is 4.66. The Hall–Kier alpha value is -3.15. The first-order chi connectivity index (χ1) is 13.4. The van der Waals surface area contributed by atoms with Gasteiger partial charge >= 0.3 is 0 Å². The molecule has 28 heavy (non-hydrogen) atoms. The molecule has 1 amide bonds. The van der Waals surface area contributed by atoms with Gasteiger partial charge in [-0.2, -0.15) is 0 Å². The van der Waals surface area contributed by atoms with Gasteiger partial charge < -0.3 is 14.6 Å². The number of nitrogens with zero attached hydrogens (tertiary/aromatic N) is 1. The van der Waals surface area contributed by atoms with Gasteiger partial charge in [-0.1, -0.05) is 22.9 Å². The lowest BCUT2D eigenvalue weighted by Crippen LogP contribution is -2.33. The Labute approximate surface area is 162 Å². The average Bonchev–Trinajstić information content (AvgIpc) is 3.04. The number of aryl methyl sites for hydroxylation is 3. The van der Waals surface area contributed by atoms with Gasteiger partial charge in [0.25, 0.3) is 5.91 Å². The number of hydrogen-bond acceptors (Lipinski definition) is 4. The minimum atomic E-state index is -0.348. The van der Waals surface area contributed by atoms with Crippen molar-refractivity contribution in [3.05, 3.63) is 70.2 Å². The second-order valence-corrected chi connectivity index (χ2v) is 7.13. The summed E-state index contributed by atoms with van der Waals surface area (Å²) in [5.74, 6) is 0.641. The van der Waals surface area contributed by atoms with Gasteiger partial charge in [-0.25, -0.2) is 4.39 Å². The summed E-state index contributed by atoms with van der Waals surface area (Å²) in [4.78, 5) is 13.1. The fourth-order valence-electron chi connectivity index (χ4n) is 3.70. The molecule has 1 aromatic heterocycles. The highest BCUT2D eigenvalue weighted by molar-refractivity contribution is 6.01. The number of benzene rings is 2. The van der Waals surface area contributed by atoms with E-state index in [2.05, 4.69) is 16.5 Å². The van der Waals surface area contributed by atoms with Crippen LogP contribution in [-0.2, 0) is 0 Å². The number of fused-ring (bicyclic) bond motifs is 1. The van der Waals surface area contributed by atoms with Gasteiger partial charge in [-0.15, -0.1) is 0 Å². The fraction of sp³-hybridized carbons (Fsp3) is 0.273. The van der Waals surface area contributed by atoms with Crippen LogP contribution in [0.2, 0.25) is 0 Å². The van der Waals surface area contributed by atoms with Crippen molar-refractivity contribution in [1.29, 1.82) is 0 Å². The van der Waals surface area contributed by atoms with Crippen LogP contribution in [0.1, 0.15) is 45.3 Å². The second kappa shape index (κ2) is 7.11. The van der Waals surface area contributed by atoms with E-state index < -0.39 is 0 Å². The molecular formula is C22H21FN2O3. The molecule has 1 atom stereocenters. The lowest BCUT2D eigenvalue weighted by atomic mass is 9.95. The van der Waals surface area contributed by atoms with Crippen molar-refractivity contribution in [2.45, 2.75) is 33.2 Å². The molecule has 1 unspecified atom stereocenters. The van der Waals surface area contributed by atoms with E-state index >= 15 is 0 Å². The van der Waals surface area contributed by atoms with E-state index in [1.54, 1.807) is 19.1 Å². The van der Waals surface area contributed by atoms with Crippen molar-refractivity contribution in [2.24, 2.45) is 0 Å². The zero-order chi connectivity index (χ0) is 19.8. The van der Waals surface area contributed by atoms with Gasteiger partial charge in [0.2, 0.25) is 0 Å². The maximum Gasteiger partial charge on any atom is 0.257 e. The Balaban J connectivity index is 1.66. The molecule has 2 heterocycles. The molecule has 6 heteroatoms. The highest BCUT2D eigenvalue weighted by atomic mass is 19.1. The molecule has 0 fully saturated rings. The summed E-state index contributed by atoms with van der Waals surface area (Å²) >= 11 is 0. The molecule has 144 valence electrons. The van der Waals surface area contributed by atoms with Gasteiger partial charge in [0, 0.05) is 17.5 Å². The molecule has 4 rings (SSSR count). The lowest BCUT2D eigenvalue weighted by Gasteiger charge is -2.28. The Morgan fingerprint density at radius 1 is 1.18 bits per heavy atom. The summed E-state index contributed by atoms with van der Waals surface area (Å²) in [7, 11) is 0. The van der Waals surface area contributed by atoms with E-state index in [0.717, 1.165) is 22.4 Å². The molecule has 2 aromatic carbocycles. The van der Waals surface area contributed by atoms with Crippen LogP contribution in [0, 0.1) is 26.6 Å². The van der Waals surface area contributed by atoms with E-state index in [9.17, 15) is 9.18 Å². The van der Waals surface area contributed by atoms with Crippen molar-refractivity contribution < 1.29 is 18.4 Å². The van der Waals surface area contributed by atoms with Crippen molar-refractivity contribution >= 4 is 5.91 Å². The summed E-state index contributed by atoms with van der Waals surface area (Å²) < 4.78 is 24.3. The van der Waals surface area contributed by atoms with Gasteiger partial charge in [-0.05, 0) is 50.6 Å². The minimum Gasteiger partial charge on any atom is -0.493 e. The number of amides is 1. The molecular weight excluding hydrogens is 359 g/mol. The number of carbonyl (C=O) groups is 1. The SMILES string of the molecule is Cc1cc(C)c2c(c1)C(NC(=O)c1c(-c3ccc(F)cc3)noc1C)CCO2. The van der Waals surface area contributed by atoms with Crippen molar-refractivity contribution in [3.8, 4) is 17.0 Å². The zero-order valence-electron chi connectivity index (χ0n) is 16.0. The van der Waals surface area contributed by atoms with E-state index in [1.165, 1.54) is 12.1 Å². The van der Waals surface area contributed by atoms with E-state index in [4.69, 9.17) is 9.26 Å². The monoisotopic (exact) mass is 380 g/mol. The molecule has 0 aliphatic carbocycles. The molecule has 1 N–H and O–H groups in total. The Morgan fingerprint density at radius 3 is 2.68 bits per heavy atom. The molecule has 0 bridgehead atoms. The Bertz CT molecular complexity index is 1040. The quantitative estimate of drug-likeness (QED) is 0.718. The largest absolute Gasteiger partial charge is 0.493 e. The fourth-order valence-corrected chi connectivity index (χ4v) is 3.70. The standard InChI is InChI=1S/C22H21FN2O3/c1-12-10-13(2)21-17(11-12)18(8-9-27-21)24-22(26)19-14(3)28-25-20(19)15-4-6-16(23)7-5-15/h4-7,10-11,18H,8-9H2,1-3H3,(H,24,26). The smallest absolute Gasteiger partial charge is 0.257 e. The summed E-state index contributed by atoms with van der Waals surface area (Å²) in [5, 5.41) is 7.12. The second-order valence-electron chi connectivity index (χ2n) is 7.13. The van der Waals surface area contributed by atoms with E-state index in [1.807, 2.05) is 19.9 Å². The molecule has 0 spiro atoms. The van der Waals surface area contributed by atoms with Gasteiger partial charge in [-0.3, -0.25) is 4.79 Å². The van der Waals surface area contributed by atoms with Crippen molar-refractivity contribution in [1.82, 2.24) is 10.5 Å². The number of rotatable bonds is 3. The van der Waals surface area contributed by atoms with Crippen LogP contribution in [0.4, 0.5) is 4.39 Å². The number of ether oxygens (including phenoxy) is 1. The number of nitrogens with one attached hydrogen (secondary N) is 1. The lowest BCUT2D eigenvalue weighted by molar-refractivity contribution is 0.0923. The molecule has 5 nitrogen and oxygen atoms in total. The average molecular weight is 380 g/mol. The summed E-state index contributed by atoms with van der Waals surface area (Å²) in [6.45, 7) is 6.26. The van der Waals surface area contributed by atoms with Gasteiger partial charge in [0.15, 0.2) is 0 Å². The number of halogens is 1. The zero-order valence-corrected chi connectivity index (χ0v) is 16.0. The highest BCUT2D eigenvalue weighted by Gasteiger charge is 2.28. The third-order valence-corrected chi connectivity index (χ3v) is 4.99. The Kier molecular flexibility index (Phi) is 4.63. The first-order valence-corrected chi connectivity index (χ1v) is 9.21. The number of hydrogen-bond donors (Lipinski definition) is 1. The van der Waals surface area contributed by atoms with Crippen LogP contribution in [0.3, 0.4) is 0 Å². The third-order valence-electron chi connectivity index (χ3n) is 4.99. The predicted molar refractivity (Wildman–Crippen MR) is 103 cm³/mol. The van der Waals surface area contributed by atoms with E-state index in [0.29, 0.717) is 35.6 Å². The van der Waals surface area contributed by atoms with Crippen LogP contribution in [0.5, 0.6) is 5.75 Å². The normalized spacial score (nSPS) is 15.6. The first-order valence-electron chi connectivity index (χ1n) is 9.21. The first kappa shape index (κ1) is 18.2. The van der Waals surface area contributed by atoms with Crippen LogP contribution >= 0.6 is 0 Å². The van der Waals surface area contributed by atoms with Crippen molar-refractivity contribution in [3.63, 3.8) is 0 Å². The van der Waals surface area contributed by atoms with Crippen molar-refractivity contribution in [2.75, 3.05) is 6.61 Å². The molecule has 0 saturated heterocycles. The molecule has 1 aliphatic rings. The molecule has 1 aliphatic heterocycles. The highest BCUT2D eigenvalue weighted by Crippen LogP contribution is 2.36. The van der Waals surface area contributed by atoms with E-state index in [-0.39, 0.29) is 17.8 Å². The molecule has 0 saturated carbocycles. The summed E-state index contributed by atoms with van der Waals surface area (Å²) in [6.07, 6.45) is 0.678. The summed E-state index contributed by atoms with van der Waals surface area (Å²) in [5.41, 5.74) is 4.56. The topological polar surface area (TPSA) is 64.4 Å². The summed E-state index contributed by atoms with van der Waals surface area (Å²) in [6, 6.07) is 9.79. The van der Waals surface area contributed by atoms with Crippen LogP contribution in [0.15, 0.2) is 40.9 Å². The minimum absolute atomic E-state index is 0.162. The maximum absolute atomic E-state index is 13.2. The molecule has 3 aromatic rings. The van der Waals surface area contributed by atoms with Crippen LogP contribution < -0.4 is 10.1 Å². The Morgan fingerprint density at radius 2 is 1.93 bits per heavy atom.